The van der Waals surface area contributed by atoms with Crippen molar-refractivity contribution >= 4 is 59.6 Å². The predicted molar refractivity (Wildman–Crippen MR) is 131 cm³/mol. The molecule has 2 rings (SSSR count). The molecule has 0 fully saturated rings. The molecule has 2 aromatic rings. The zero-order valence-corrected chi connectivity index (χ0v) is 20.6. The van der Waals surface area contributed by atoms with E-state index in [0.29, 0.717) is 23.4 Å². The molecule has 2 N–H and O–H groups in total. The Morgan fingerprint density at radius 2 is 1.30 bits per heavy atom. The molecule has 1 radical (unpaired) electrons. The van der Waals surface area contributed by atoms with Crippen LogP contribution in [0.25, 0.3) is 0 Å². The third-order valence-electron chi connectivity index (χ3n) is 3.66. The van der Waals surface area contributed by atoms with Gasteiger partial charge in [-0.1, -0.05) is 42.5 Å². The maximum atomic E-state index is 12.4. The minimum atomic E-state index is -4.44. The SMILES string of the molecule is CCNC([S-])=NN=C(C(=NN=C([S-])NCC(F)(F)F)c1ccccc1)c1ccc(S)cc1.[Cu+2]. The topological polar surface area (TPSA) is 73.5 Å². The average Bonchev–Trinajstić information content (AvgIpc) is 2.75. The van der Waals surface area contributed by atoms with Crippen LogP contribution in [0.5, 0.6) is 0 Å². The first-order valence-electron chi connectivity index (χ1n) is 9.24. The van der Waals surface area contributed by atoms with Gasteiger partial charge in [0.25, 0.3) is 0 Å². The van der Waals surface area contributed by atoms with Gasteiger partial charge < -0.3 is 35.9 Å². The van der Waals surface area contributed by atoms with Crippen molar-refractivity contribution in [1.29, 1.82) is 0 Å². The molecular weight excluding hydrogens is 541 g/mol. The van der Waals surface area contributed by atoms with Gasteiger partial charge in [-0.15, -0.1) is 22.8 Å². The Kier molecular flexibility index (Phi) is 12.4. The molecule has 0 heterocycles. The summed E-state index contributed by atoms with van der Waals surface area (Å²) in [6, 6.07) is 15.9. The molecule has 0 amide bonds. The van der Waals surface area contributed by atoms with Gasteiger partial charge in [0.1, 0.15) is 18.0 Å². The van der Waals surface area contributed by atoms with Gasteiger partial charge in [0.05, 0.1) is 0 Å². The Bertz CT molecular complexity index is 1010. The van der Waals surface area contributed by atoms with Crippen LogP contribution in [0, 0.1) is 0 Å². The fourth-order valence-electron chi connectivity index (χ4n) is 2.29. The molecule has 13 heteroatoms. The molecule has 0 aliphatic heterocycles. The quantitative estimate of drug-likeness (QED) is 0.121. The fourth-order valence-corrected chi connectivity index (χ4v) is 2.73. The second kappa shape index (κ2) is 14.2. The van der Waals surface area contributed by atoms with Gasteiger partial charge in [-0.05, 0) is 29.4 Å². The number of hydrogen-bond acceptors (Lipinski definition) is 7. The van der Waals surface area contributed by atoms with Gasteiger partial charge in [0, 0.05) is 22.6 Å². The summed E-state index contributed by atoms with van der Waals surface area (Å²) in [6.45, 7) is 1.11. The van der Waals surface area contributed by atoms with Gasteiger partial charge in [-0.3, -0.25) is 0 Å². The van der Waals surface area contributed by atoms with Gasteiger partial charge in [-0.2, -0.15) is 23.4 Å². The van der Waals surface area contributed by atoms with E-state index in [2.05, 4.69) is 38.4 Å². The second-order valence-corrected chi connectivity index (χ2v) is 7.41. The van der Waals surface area contributed by atoms with E-state index in [1.807, 2.05) is 18.3 Å². The van der Waals surface area contributed by atoms with Gasteiger partial charge >= 0.3 is 23.2 Å². The Morgan fingerprint density at radius 1 is 0.818 bits per heavy atom. The maximum Gasteiger partial charge on any atom is 2.00 e. The number of thiol groups is 1. The van der Waals surface area contributed by atoms with Gasteiger partial charge in [0.2, 0.25) is 0 Å². The molecule has 2 aromatic carbocycles. The Balaban J connectivity index is 0.00000544. The monoisotopic (exact) mass is 559 g/mol. The first kappa shape index (κ1) is 28.9. The van der Waals surface area contributed by atoms with E-state index in [9.17, 15) is 13.2 Å². The van der Waals surface area contributed by atoms with Crippen LogP contribution in [0.3, 0.4) is 0 Å². The molecule has 0 saturated heterocycles. The number of benzene rings is 2. The third-order valence-corrected chi connectivity index (χ3v) is 4.41. The standard InChI is InChI=1S/C20H21F3N6S3.Cu/c1-2-24-18(31)28-27-17(14-8-10-15(30)11-9-14)16(13-6-4-3-5-7-13)26-29-19(32)25-12-20(21,22)23;/h3-11,30H,2,12H2,1H3,(H2,24,28,31)(H2,25,29,32);/q;+2/p-2. The number of rotatable bonds is 7. The third kappa shape index (κ3) is 10.5. The van der Waals surface area contributed by atoms with Crippen molar-refractivity contribution in [3.05, 3.63) is 65.7 Å². The van der Waals surface area contributed by atoms with E-state index >= 15 is 0 Å². The number of amidine groups is 2. The molecule has 33 heavy (non-hydrogen) atoms. The molecule has 0 spiro atoms. The van der Waals surface area contributed by atoms with Gasteiger partial charge in [-0.25, -0.2) is 0 Å². The molecule has 6 nitrogen and oxygen atoms in total. The first-order valence-corrected chi connectivity index (χ1v) is 10.5. The number of nitrogens with one attached hydrogen (secondary N) is 2. The van der Waals surface area contributed by atoms with Crippen LogP contribution in [-0.2, 0) is 42.3 Å². The summed E-state index contributed by atoms with van der Waals surface area (Å²) in [4.78, 5) is 0.730. The summed E-state index contributed by atoms with van der Waals surface area (Å²) in [6.07, 6.45) is -4.44. The Hall–Kier alpha value is -2.18. The molecule has 0 bridgehead atoms. The summed E-state index contributed by atoms with van der Waals surface area (Å²) < 4.78 is 37.3. The van der Waals surface area contributed by atoms with E-state index in [0.717, 1.165) is 4.90 Å². The predicted octanol–water partition coefficient (Wildman–Crippen LogP) is 3.65. The van der Waals surface area contributed by atoms with Crippen LogP contribution in [0.15, 0.2) is 79.9 Å². The van der Waals surface area contributed by atoms with E-state index in [1.54, 1.807) is 48.5 Å². The van der Waals surface area contributed by atoms with Crippen LogP contribution in [-0.4, -0.2) is 41.0 Å². The van der Waals surface area contributed by atoms with Crippen LogP contribution in [0.2, 0.25) is 0 Å². The number of nitrogens with zero attached hydrogens (tertiary/aromatic N) is 4. The first-order chi connectivity index (χ1) is 15.2. The fraction of sp³-hybridized carbons (Fsp3) is 0.200. The van der Waals surface area contributed by atoms with E-state index in [-0.39, 0.29) is 27.9 Å². The smallest absolute Gasteiger partial charge is 0.741 e. The molecule has 0 saturated carbocycles. The number of halogens is 3. The van der Waals surface area contributed by atoms with E-state index in [1.165, 1.54) is 0 Å². The van der Waals surface area contributed by atoms with Crippen molar-refractivity contribution in [2.75, 3.05) is 13.1 Å². The summed E-state index contributed by atoms with van der Waals surface area (Å²) in [7, 11) is 0. The van der Waals surface area contributed by atoms with Crippen LogP contribution < -0.4 is 10.6 Å². The van der Waals surface area contributed by atoms with Crippen molar-refractivity contribution in [1.82, 2.24) is 10.6 Å². The normalized spacial score (nSPS) is 13.4. The second-order valence-electron chi connectivity index (χ2n) is 6.12. The largest absolute Gasteiger partial charge is 2.00 e. The summed E-state index contributed by atoms with van der Waals surface area (Å²) in [5.74, 6) is 0. The minimum Gasteiger partial charge on any atom is -0.741 e. The zero-order valence-electron chi connectivity index (χ0n) is 17.1. The molecule has 0 atom stereocenters. The van der Waals surface area contributed by atoms with E-state index in [4.69, 9.17) is 25.3 Å². The van der Waals surface area contributed by atoms with Crippen molar-refractivity contribution in [3.63, 3.8) is 0 Å². The van der Waals surface area contributed by atoms with Crippen molar-refractivity contribution < 1.29 is 30.2 Å². The number of hydrogen-bond donors (Lipinski definition) is 3. The average molecular weight is 560 g/mol. The van der Waals surface area contributed by atoms with Gasteiger partial charge in [0.15, 0.2) is 0 Å². The van der Waals surface area contributed by atoms with Crippen LogP contribution in [0.4, 0.5) is 13.2 Å². The Morgan fingerprint density at radius 3 is 1.79 bits per heavy atom. The molecular formula is C20H19CuF3N6S3. The summed E-state index contributed by atoms with van der Waals surface area (Å²) in [5.41, 5.74) is 1.77. The minimum absolute atomic E-state index is 0. The summed E-state index contributed by atoms with van der Waals surface area (Å²) in [5, 5.41) is 20.8. The zero-order chi connectivity index (χ0) is 23.6. The molecule has 0 aliphatic carbocycles. The van der Waals surface area contributed by atoms with E-state index < -0.39 is 17.9 Å². The molecule has 0 unspecified atom stereocenters. The Labute approximate surface area is 217 Å². The number of alkyl halides is 3. The van der Waals surface area contributed by atoms with Crippen LogP contribution >= 0.6 is 12.6 Å². The van der Waals surface area contributed by atoms with Crippen molar-refractivity contribution in [2.45, 2.75) is 18.0 Å². The molecule has 0 aliphatic rings. The van der Waals surface area contributed by atoms with Crippen molar-refractivity contribution in [3.8, 4) is 0 Å². The molecule has 179 valence electrons. The van der Waals surface area contributed by atoms with Crippen LogP contribution in [0.1, 0.15) is 18.1 Å². The summed E-state index contributed by atoms with van der Waals surface area (Å²) >= 11 is 14.3. The molecule has 0 aromatic heterocycles. The van der Waals surface area contributed by atoms with Crippen molar-refractivity contribution in [2.24, 2.45) is 20.4 Å². The maximum absolute atomic E-state index is 12.4.